The van der Waals surface area contributed by atoms with Gasteiger partial charge in [0.15, 0.2) is 0 Å². The fourth-order valence-electron chi connectivity index (χ4n) is 2.68. The Morgan fingerprint density at radius 2 is 1.79 bits per heavy atom. The summed E-state index contributed by atoms with van der Waals surface area (Å²) < 4.78 is 26.8. The summed E-state index contributed by atoms with van der Waals surface area (Å²) in [5, 5.41) is 0. The molecule has 3 nitrogen and oxygen atoms in total. The van der Waals surface area contributed by atoms with Crippen molar-refractivity contribution in [1.29, 1.82) is 0 Å². The van der Waals surface area contributed by atoms with Gasteiger partial charge in [-0.15, -0.1) is 0 Å². The van der Waals surface area contributed by atoms with Crippen LogP contribution in [0.15, 0.2) is 0 Å². The summed E-state index contributed by atoms with van der Waals surface area (Å²) in [6.07, 6.45) is 6.73. The molecule has 0 bridgehead atoms. The average Bonchev–Trinajstić information content (AvgIpc) is 2.25. The van der Waals surface area contributed by atoms with Crippen LogP contribution < -0.4 is 4.72 Å². The molecule has 1 aliphatic rings. The third kappa shape index (κ3) is 8.30. The smallest absolute Gasteiger partial charge is 0.211 e. The van der Waals surface area contributed by atoms with Gasteiger partial charge in [0.05, 0.1) is 5.75 Å². The summed E-state index contributed by atoms with van der Waals surface area (Å²) in [5.74, 6) is 0.671. The Kier molecular flexibility index (Phi) is 6.81. The van der Waals surface area contributed by atoms with Crippen LogP contribution in [0.2, 0.25) is 0 Å². The minimum absolute atomic E-state index is 0.202. The second-order valence-corrected chi connectivity index (χ2v) is 10.1. The Bertz CT molecular complexity index is 356. The van der Waals surface area contributed by atoms with E-state index in [0.717, 1.165) is 19.3 Å². The normalized spacial score (nSPS) is 20.4. The summed E-state index contributed by atoms with van der Waals surface area (Å²) in [6, 6.07) is 0. The first kappa shape index (κ1) is 17.4. The number of rotatable bonds is 6. The van der Waals surface area contributed by atoms with E-state index in [9.17, 15) is 8.42 Å². The van der Waals surface area contributed by atoms with Crippen LogP contribution in [0.3, 0.4) is 0 Å². The van der Waals surface area contributed by atoms with Crippen LogP contribution in [0.5, 0.6) is 0 Å². The molecule has 0 amide bonds. The summed E-state index contributed by atoms with van der Waals surface area (Å²) in [7, 11) is -3.11. The fourth-order valence-corrected chi connectivity index (χ4v) is 5.55. The summed E-state index contributed by atoms with van der Waals surface area (Å²) >= 11 is 3.56. The molecule has 0 aliphatic heterocycles. The van der Waals surface area contributed by atoms with E-state index >= 15 is 0 Å². The molecule has 1 aliphatic carbocycles. The van der Waals surface area contributed by atoms with Gasteiger partial charge in [-0.3, -0.25) is 0 Å². The molecule has 0 aromatic heterocycles. The van der Waals surface area contributed by atoms with Crippen LogP contribution in [0, 0.1) is 11.3 Å². The molecule has 0 aromatic carbocycles. The van der Waals surface area contributed by atoms with Crippen LogP contribution in [-0.2, 0) is 10.0 Å². The molecule has 0 spiro atoms. The van der Waals surface area contributed by atoms with Crippen LogP contribution in [0.25, 0.3) is 0 Å². The summed E-state index contributed by atoms with van der Waals surface area (Å²) in [5.41, 5.74) is 0.211. The van der Waals surface area contributed by atoms with Gasteiger partial charge >= 0.3 is 0 Å². The van der Waals surface area contributed by atoms with Crippen molar-refractivity contribution in [3.05, 3.63) is 0 Å². The van der Waals surface area contributed by atoms with E-state index in [4.69, 9.17) is 0 Å². The van der Waals surface area contributed by atoms with Gasteiger partial charge in [0, 0.05) is 11.4 Å². The topological polar surface area (TPSA) is 46.2 Å². The predicted octanol–water partition coefficient (Wildman–Crippen LogP) is 3.69. The van der Waals surface area contributed by atoms with E-state index in [1.54, 1.807) is 0 Å². The lowest BCUT2D eigenvalue weighted by molar-refractivity contribution is 0.371. The quantitative estimate of drug-likeness (QED) is 0.740. The Morgan fingerprint density at radius 1 is 1.21 bits per heavy atom. The summed E-state index contributed by atoms with van der Waals surface area (Å²) in [4.78, 5) is 0.202. The van der Waals surface area contributed by atoms with Crippen LogP contribution in [0.4, 0.5) is 0 Å². The maximum absolute atomic E-state index is 12.0. The van der Waals surface area contributed by atoms with Gasteiger partial charge in [0.25, 0.3) is 0 Å². The van der Waals surface area contributed by atoms with Gasteiger partial charge in [-0.2, -0.15) is 0 Å². The zero-order valence-corrected chi connectivity index (χ0v) is 14.8. The van der Waals surface area contributed by atoms with Gasteiger partial charge in [-0.25, -0.2) is 13.1 Å². The molecule has 0 aromatic rings. The van der Waals surface area contributed by atoms with E-state index in [2.05, 4.69) is 41.4 Å². The maximum Gasteiger partial charge on any atom is 0.211 e. The first-order chi connectivity index (χ1) is 8.68. The molecule has 0 heterocycles. The molecule has 1 unspecified atom stereocenters. The molecule has 1 saturated carbocycles. The third-order valence-electron chi connectivity index (χ3n) is 3.54. The second-order valence-electron chi connectivity index (χ2n) is 7.00. The van der Waals surface area contributed by atoms with Gasteiger partial charge < -0.3 is 0 Å². The maximum atomic E-state index is 12.0. The molecular weight excluding hydrogens is 326 g/mol. The molecule has 5 heteroatoms. The molecule has 19 heavy (non-hydrogen) atoms. The van der Waals surface area contributed by atoms with Crippen LogP contribution in [0.1, 0.15) is 59.3 Å². The number of hydrogen-bond acceptors (Lipinski definition) is 2. The molecule has 1 fully saturated rings. The molecule has 1 N–H and O–H groups in total. The van der Waals surface area contributed by atoms with E-state index in [1.165, 1.54) is 19.3 Å². The van der Waals surface area contributed by atoms with Gasteiger partial charge in [0.1, 0.15) is 0 Å². The lowest BCUT2D eigenvalue weighted by Gasteiger charge is -2.24. The lowest BCUT2D eigenvalue weighted by Crippen LogP contribution is -2.35. The van der Waals surface area contributed by atoms with Crippen molar-refractivity contribution in [1.82, 2.24) is 4.72 Å². The minimum atomic E-state index is -3.11. The van der Waals surface area contributed by atoms with E-state index < -0.39 is 10.0 Å². The molecule has 0 saturated heterocycles. The highest BCUT2D eigenvalue weighted by molar-refractivity contribution is 9.09. The number of halogens is 1. The Hall–Kier alpha value is 0.390. The summed E-state index contributed by atoms with van der Waals surface area (Å²) in [6.45, 7) is 6.99. The van der Waals surface area contributed by atoms with Crippen molar-refractivity contribution in [3.63, 3.8) is 0 Å². The van der Waals surface area contributed by atoms with E-state index in [-0.39, 0.29) is 10.2 Å². The monoisotopic (exact) mass is 353 g/mol. The van der Waals surface area contributed by atoms with Crippen molar-refractivity contribution in [3.8, 4) is 0 Å². The Morgan fingerprint density at radius 3 is 2.32 bits per heavy atom. The van der Waals surface area contributed by atoms with Gasteiger partial charge in [-0.1, -0.05) is 56.0 Å². The van der Waals surface area contributed by atoms with Crippen molar-refractivity contribution >= 4 is 26.0 Å². The predicted molar refractivity (Wildman–Crippen MR) is 85.2 cm³/mol. The largest absolute Gasteiger partial charge is 0.214 e. The van der Waals surface area contributed by atoms with Crippen molar-refractivity contribution in [2.45, 2.75) is 64.1 Å². The Labute approximate surface area is 127 Å². The number of hydrogen-bond donors (Lipinski definition) is 1. The van der Waals surface area contributed by atoms with Gasteiger partial charge in [0.2, 0.25) is 10.0 Å². The lowest BCUT2D eigenvalue weighted by atomic mass is 9.91. The van der Waals surface area contributed by atoms with Crippen LogP contribution in [-0.4, -0.2) is 25.5 Å². The fraction of sp³-hybridized carbons (Fsp3) is 1.00. The van der Waals surface area contributed by atoms with Crippen molar-refractivity contribution in [2.75, 3.05) is 12.3 Å². The highest BCUT2D eigenvalue weighted by Gasteiger charge is 2.23. The van der Waals surface area contributed by atoms with E-state index in [0.29, 0.717) is 18.2 Å². The van der Waals surface area contributed by atoms with E-state index in [1.807, 2.05) is 0 Å². The number of nitrogens with one attached hydrogen (secondary N) is 1. The molecule has 1 atom stereocenters. The third-order valence-corrected chi connectivity index (χ3v) is 5.70. The van der Waals surface area contributed by atoms with Crippen LogP contribution >= 0.6 is 15.9 Å². The molecule has 114 valence electrons. The highest BCUT2D eigenvalue weighted by atomic mass is 79.9. The number of alkyl halides is 1. The zero-order chi connectivity index (χ0) is 14.5. The zero-order valence-electron chi connectivity index (χ0n) is 12.4. The Balaban J connectivity index is 2.33. The highest BCUT2D eigenvalue weighted by Crippen LogP contribution is 2.26. The van der Waals surface area contributed by atoms with Gasteiger partial charge in [-0.05, 0) is 30.6 Å². The second kappa shape index (κ2) is 7.41. The first-order valence-corrected chi connectivity index (χ1v) is 9.86. The van der Waals surface area contributed by atoms with Crippen molar-refractivity contribution < 1.29 is 8.42 Å². The first-order valence-electron chi connectivity index (χ1n) is 7.29. The van der Waals surface area contributed by atoms with Crippen molar-refractivity contribution in [2.24, 2.45) is 11.3 Å². The minimum Gasteiger partial charge on any atom is -0.214 e. The molecule has 0 radical (unpaired) electrons. The SMILES string of the molecule is CC(C)(C)CC(Br)CNS(=O)(=O)CC1CCCCC1. The standard InChI is InChI=1S/C14H28BrNO2S/c1-14(2,3)9-13(15)10-16-19(17,18)11-12-7-5-4-6-8-12/h12-13,16H,4-11H2,1-3H3. The number of sulfonamides is 1. The molecular formula is C14H28BrNO2S. The molecule has 1 rings (SSSR count). The average molecular weight is 354 g/mol.